The molecule has 6 heterocycles. The predicted molar refractivity (Wildman–Crippen MR) is 127 cm³/mol. The van der Waals surface area contributed by atoms with Crippen LogP contribution in [0.25, 0.3) is 11.2 Å². The number of aromatic nitrogens is 4. The third-order valence-corrected chi connectivity index (χ3v) is 9.34. The number of imidazole rings is 1. The summed E-state index contributed by atoms with van der Waals surface area (Å²) in [5.74, 6) is 0. The molecule has 2 fully saturated rings. The third kappa shape index (κ3) is 5.22. The molecule has 4 aliphatic heterocycles. The Labute approximate surface area is 221 Å². The van der Waals surface area contributed by atoms with E-state index >= 15 is 0 Å². The van der Waals surface area contributed by atoms with Crippen LogP contribution in [0, 0.1) is 0 Å². The van der Waals surface area contributed by atoms with Gasteiger partial charge in [0.05, 0.1) is 32.5 Å². The number of ether oxygens (including phenoxy) is 3. The Kier molecular flexibility index (Phi) is 7.82. The SMILES string of the molecule is C=CCO[C@H]1[C@H]2CO[C@@H]1COP(=O)(O)OP(=O)(O)OC[C@H]1O[C@H]([C@H](O)[C@@H]1O)n1c(Br)nc3c(=O)n2cnc31. The molecule has 20 heteroatoms. The highest BCUT2D eigenvalue weighted by Crippen LogP contribution is 2.60. The van der Waals surface area contributed by atoms with Crippen molar-refractivity contribution in [1.29, 1.82) is 0 Å². The molecule has 0 radical (unpaired) electrons. The largest absolute Gasteiger partial charge is 0.481 e. The fraction of sp³-hybridized carbons (Fsp3) is 0.611. The van der Waals surface area contributed by atoms with Gasteiger partial charge in [0.25, 0.3) is 5.56 Å². The lowest BCUT2D eigenvalue weighted by Gasteiger charge is -2.25. The molecule has 0 amide bonds. The Morgan fingerprint density at radius 2 is 1.84 bits per heavy atom. The Morgan fingerprint density at radius 3 is 2.53 bits per heavy atom. The zero-order valence-electron chi connectivity index (χ0n) is 19.3. The first-order chi connectivity index (χ1) is 17.9. The second-order valence-corrected chi connectivity index (χ2v) is 12.3. The number of fused-ring (bicyclic) bond motifs is 7. The number of phosphoric acid groups is 2. The molecule has 2 aromatic heterocycles. The van der Waals surface area contributed by atoms with E-state index in [1.807, 2.05) is 0 Å². The normalized spacial score (nSPS) is 40.0. The average molecular weight is 645 g/mol. The van der Waals surface area contributed by atoms with Gasteiger partial charge in [0, 0.05) is 0 Å². The fourth-order valence-corrected chi connectivity index (χ4v) is 7.09. The van der Waals surface area contributed by atoms with Crippen LogP contribution in [0.2, 0.25) is 0 Å². The highest BCUT2D eigenvalue weighted by atomic mass is 79.9. The molecule has 0 aliphatic carbocycles. The summed E-state index contributed by atoms with van der Waals surface area (Å²) in [5.41, 5.74) is -0.694. The second-order valence-electron chi connectivity index (χ2n) is 8.56. The number of aliphatic hydroxyl groups is 2. The van der Waals surface area contributed by atoms with Gasteiger partial charge in [0.15, 0.2) is 22.1 Å². The second kappa shape index (κ2) is 10.6. The Morgan fingerprint density at radius 1 is 1.16 bits per heavy atom. The summed E-state index contributed by atoms with van der Waals surface area (Å²) in [6.45, 7) is 2.05. The number of hydrogen-bond acceptors (Lipinski definition) is 13. The molecule has 4 aliphatic rings. The molecule has 2 unspecified atom stereocenters. The van der Waals surface area contributed by atoms with Gasteiger partial charge in [-0.05, 0) is 15.9 Å². The fourth-order valence-electron chi connectivity index (χ4n) is 4.45. The van der Waals surface area contributed by atoms with Crippen LogP contribution in [0.3, 0.4) is 0 Å². The van der Waals surface area contributed by atoms with Crippen LogP contribution in [0.4, 0.5) is 0 Å². The van der Waals surface area contributed by atoms with E-state index in [2.05, 4.69) is 36.8 Å². The number of rotatable bonds is 3. The molecule has 2 aromatic rings. The molecule has 4 N–H and O–H groups in total. The van der Waals surface area contributed by atoms with Gasteiger partial charge >= 0.3 is 15.6 Å². The average Bonchev–Trinajstić information content (AvgIpc) is 3.48. The Balaban J connectivity index is 1.61. The van der Waals surface area contributed by atoms with E-state index in [-0.39, 0.29) is 29.1 Å². The van der Waals surface area contributed by atoms with E-state index < -0.39 is 77.2 Å². The summed E-state index contributed by atoms with van der Waals surface area (Å²) >= 11 is 3.22. The molecular weight excluding hydrogens is 622 g/mol. The first-order valence-corrected chi connectivity index (χ1v) is 14.9. The van der Waals surface area contributed by atoms with Crippen LogP contribution in [-0.4, -0.2) is 96.0 Å². The van der Waals surface area contributed by atoms with Gasteiger partial charge < -0.3 is 34.2 Å². The monoisotopic (exact) mass is 644 g/mol. The minimum absolute atomic E-state index is 0.0109. The van der Waals surface area contributed by atoms with Crippen LogP contribution in [0.15, 0.2) is 28.5 Å². The van der Waals surface area contributed by atoms with Crippen molar-refractivity contribution < 1.29 is 56.7 Å². The summed E-state index contributed by atoms with van der Waals surface area (Å²) in [5, 5.41) is 21.1. The minimum Gasteiger partial charge on any atom is -0.387 e. The van der Waals surface area contributed by atoms with Crippen molar-refractivity contribution in [3.63, 3.8) is 0 Å². The number of phosphoric ester groups is 2. The van der Waals surface area contributed by atoms with Crippen molar-refractivity contribution in [3.05, 3.63) is 34.1 Å². The molecule has 17 nitrogen and oxygen atoms in total. The molecule has 0 saturated carbocycles. The summed E-state index contributed by atoms with van der Waals surface area (Å²) < 4.78 is 58.2. The lowest BCUT2D eigenvalue weighted by atomic mass is 10.1. The maximum atomic E-state index is 13.5. The van der Waals surface area contributed by atoms with Crippen LogP contribution >= 0.6 is 31.6 Å². The van der Waals surface area contributed by atoms with Gasteiger partial charge in [-0.3, -0.25) is 23.0 Å². The summed E-state index contributed by atoms with van der Waals surface area (Å²) in [4.78, 5) is 42.0. The Bertz CT molecular complexity index is 1390. The molecule has 8 bridgehead atoms. The summed E-state index contributed by atoms with van der Waals surface area (Å²) in [7, 11) is -10.4. The number of hydrogen-bond donors (Lipinski definition) is 4. The topological polar surface area (TPSA) is 223 Å². The zero-order valence-corrected chi connectivity index (χ0v) is 22.6. The summed E-state index contributed by atoms with van der Waals surface area (Å²) in [6.07, 6.45) is -5.26. The van der Waals surface area contributed by atoms with Crippen LogP contribution < -0.4 is 5.56 Å². The van der Waals surface area contributed by atoms with Crippen LogP contribution in [0.1, 0.15) is 12.3 Å². The molecule has 38 heavy (non-hydrogen) atoms. The van der Waals surface area contributed by atoms with Gasteiger partial charge in [0.2, 0.25) is 0 Å². The van der Waals surface area contributed by atoms with Crippen molar-refractivity contribution in [3.8, 4) is 0 Å². The van der Waals surface area contributed by atoms with E-state index in [0.29, 0.717) is 0 Å². The standard InChI is InChI=1S/C18H23BrN4O13P2/c1-2-3-31-14-8-4-32-10(14)6-34-38(29,30)36-37(27,28)33-5-9-12(24)13(25)17(35-9)23-15-11(21-18(23)19)16(26)22(8)7-20-15/h2,7-10,12-14,17,24-25H,1,3-6H2,(H,27,28)(H,29,30)/t8-,9-,10-,12-,13-,14+,17-/m1/s1. The quantitative estimate of drug-likeness (QED) is 0.192. The zero-order chi connectivity index (χ0) is 27.4. The van der Waals surface area contributed by atoms with Crippen molar-refractivity contribution in [1.82, 2.24) is 19.1 Å². The first kappa shape index (κ1) is 28.2. The lowest BCUT2D eigenvalue weighted by molar-refractivity contribution is -0.0518. The maximum absolute atomic E-state index is 13.5. The minimum atomic E-state index is -5.22. The van der Waals surface area contributed by atoms with Crippen molar-refractivity contribution in [2.24, 2.45) is 0 Å². The van der Waals surface area contributed by atoms with Gasteiger partial charge in [-0.15, -0.1) is 6.58 Å². The van der Waals surface area contributed by atoms with Crippen molar-refractivity contribution in [2.75, 3.05) is 26.4 Å². The number of aliphatic hydroxyl groups excluding tert-OH is 2. The third-order valence-electron chi connectivity index (χ3n) is 6.18. The molecule has 210 valence electrons. The summed E-state index contributed by atoms with van der Waals surface area (Å²) in [6, 6.07) is -0.790. The molecule has 9 atom stereocenters. The van der Waals surface area contributed by atoms with Gasteiger partial charge in [-0.1, -0.05) is 6.08 Å². The lowest BCUT2D eigenvalue weighted by Crippen LogP contribution is -2.38. The highest BCUT2D eigenvalue weighted by molar-refractivity contribution is 9.10. The molecule has 2 saturated heterocycles. The highest BCUT2D eigenvalue weighted by Gasteiger charge is 2.48. The molecule has 6 rings (SSSR count). The first-order valence-electron chi connectivity index (χ1n) is 11.1. The Hall–Kier alpha value is -1.37. The van der Waals surface area contributed by atoms with Crippen LogP contribution in [-0.2, 0) is 36.7 Å². The van der Waals surface area contributed by atoms with E-state index in [0.717, 1.165) is 0 Å². The number of nitrogens with zero attached hydrogens (tertiary/aromatic N) is 4. The van der Waals surface area contributed by atoms with Crippen molar-refractivity contribution in [2.45, 2.75) is 42.8 Å². The van der Waals surface area contributed by atoms with Crippen molar-refractivity contribution >= 4 is 42.7 Å². The molecule has 0 spiro atoms. The smallest absolute Gasteiger partial charge is 0.387 e. The van der Waals surface area contributed by atoms with E-state index in [9.17, 15) is 33.9 Å². The van der Waals surface area contributed by atoms with E-state index in [1.165, 1.54) is 21.5 Å². The van der Waals surface area contributed by atoms with Gasteiger partial charge in [-0.25, -0.2) is 19.1 Å². The van der Waals surface area contributed by atoms with E-state index in [1.54, 1.807) is 0 Å². The molecule has 0 aromatic carbocycles. The van der Waals surface area contributed by atoms with Gasteiger partial charge in [-0.2, -0.15) is 4.31 Å². The number of halogens is 1. The van der Waals surface area contributed by atoms with E-state index in [4.69, 9.17) is 23.3 Å². The maximum Gasteiger partial charge on any atom is 0.481 e. The van der Waals surface area contributed by atoms with Crippen LogP contribution in [0.5, 0.6) is 0 Å². The van der Waals surface area contributed by atoms with Gasteiger partial charge in [0.1, 0.15) is 36.8 Å². The predicted octanol–water partition coefficient (Wildman–Crippen LogP) is -0.250. The molecular formula is C18H23BrN4O13P2.